The van der Waals surface area contributed by atoms with Gasteiger partial charge in [0.25, 0.3) is 12.0 Å². The van der Waals surface area contributed by atoms with Crippen LogP contribution in [0.25, 0.3) is 76.9 Å². The second-order valence-corrected chi connectivity index (χ2v) is 12.8. The number of amidine groups is 1. The lowest BCUT2D eigenvalue weighted by Gasteiger charge is -2.29. The lowest BCUT2D eigenvalue weighted by atomic mass is 10.0. The Labute approximate surface area is 279 Å². The van der Waals surface area contributed by atoms with Gasteiger partial charge in [0, 0.05) is 49.5 Å². The summed E-state index contributed by atoms with van der Waals surface area (Å²) in [5.41, 5.74) is 10.7. The molecule has 0 saturated carbocycles. The van der Waals surface area contributed by atoms with Gasteiger partial charge in [0.15, 0.2) is 0 Å². The number of benzene rings is 7. The topological polar surface area (TPSA) is 54.5 Å². The molecule has 5 nitrogen and oxygen atoms in total. The molecular formula is C44H27N2O3+. The summed E-state index contributed by atoms with van der Waals surface area (Å²) >= 11 is 0. The molecule has 49 heavy (non-hydrogen) atoms. The summed E-state index contributed by atoms with van der Waals surface area (Å²) in [6, 6.07) is 52.7. The highest BCUT2D eigenvalue weighted by Gasteiger charge is 2.41. The number of rotatable bonds is 4. The summed E-state index contributed by atoms with van der Waals surface area (Å²) in [4.78, 5) is 0. The van der Waals surface area contributed by atoms with Crippen molar-refractivity contribution in [2.24, 2.45) is 0 Å². The Hall–Kier alpha value is -6.59. The first-order valence-corrected chi connectivity index (χ1v) is 16.5. The van der Waals surface area contributed by atoms with Crippen molar-refractivity contribution in [3.8, 4) is 11.1 Å². The third kappa shape index (κ3) is 3.90. The Balaban J connectivity index is 1.04. The third-order valence-electron chi connectivity index (χ3n) is 9.99. The molecule has 7 aromatic carbocycles. The minimum absolute atomic E-state index is 0.0639. The van der Waals surface area contributed by atoms with Crippen molar-refractivity contribution < 1.29 is 17.8 Å². The quantitative estimate of drug-likeness (QED) is 0.196. The number of nitrogens with zero attached hydrogens (tertiary/aromatic N) is 1. The van der Waals surface area contributed by atoms with E-state index in [-0.39, 0.29) is 6.17 Å². The van der Waals surface area contributed by atoms with Crippen LogP contribution in [0.5, 0.6) is 0 Å². The number of para-hydroxylation sites is 3. The van der Waals surface area contributed by atoms with Gasteiger partial charge in [-0.3, -0.25) is 0 Å². The van der Waals surface area contributed by atoms with Crippen molar-refractivity contribution in [1.82, 2.24) is 5.32 Å². The van der Waals surface area contributed by atoms with E-state index >= 15 is 0 Å². The zero-order chi connectivity index (χ0) is 32.1. The highest BCUT2D eigenvalue weighted by Crippen LogP contribution is 2.40. The summed E-state index contributed by atoms with van der Waals surface area (Å²) in [7, 11) is 0. The lowest BCUT2D eigenvalue weighted by Crippen LogP contribution is -2.51. The molecule has 1 aliphatic heterocycles. The molecule has 1 atom stereocenters. The molecule has 11 rings (SSSR count). The number of hydrogen-bond donors (Lipinski definition) is 1. The smallest absolute Gasteiger partial charge is 0.289 e. The maximum absolute atomic E-state index is 6.62. The van der Waals surface area contributed by atoms with Gasteiger partial charge < -0.3 is 13.3 Å². The third-order valence-corrected chi connectivity index (χ3v) is 9.99. The molecule has 0 aliphatic carbocycles. The fourth-order valence-corrected chi connectivity index (χ4v) is 7.63. The summed E-state index contributed by atoms with van der Waals surface area (Å²) in [6.07, 6.45) is -0.0639. The van der Waals surface area contributed by atoms with Crippen LogP contribution in [0.2, 0.25) is 0 Å². The SMILES string of the molecule is c1ccc(C2=[N+](c3ccc4c(c3)oc3cc(-c5cccc6c5oc5ccccc56)ccc34)C(c3ccc4oc5ccccc5c4c3)N2)cc1. The van der Waals surface area contributed by atoms with Gasteiger partial charge in [-0.25, -0.2) is 5.32 Å². The van der Waals surface area contributed by atoms with Gasteiger partial charge in [0.05, 0.1) is 5.56 Å². The molecule has 0 radical (unpaired) electrons. The van der Waals surface area contributed by atoms with Crippen LogP contribution in [-0.4, -0.2) is 10.4 Å². The maximum Gasteiger partial charge on any atom is 0.289 e. The van der Waals surface area contributed by atoms with Crippen LogP contribution in [0, 0.1) is 0 Å². The van der Waals surface area contributed by atoms with Crippen LogP contribution in [0.15, 0.2) is 165 Å². The zero-order valence-corrected chi connectivity index (χ0v) is 26.2. The molecule has 5 heteroatoms. The molecule has 1 aliphatic rings. The molecule has 4 heterocycles. The Morgan fingerprint density at radius 1 is 0.429 bits per heavy atom. The number of nitrogens with one attached hydrogen (secondary N) is 1. The van der Waals surface area contributed by atoms with Crippen molar-refractivity contribution in [2.75, 3.05) is 0 Å². The molecule has 10 aromatic rings. The van der Waals surface area contributed by atoms with Crippen LogP contribution in [0.4, 0.5) is 5.69 Å². The van der Waals surface area contributed by atoms with E-state index in [0.29, 0.717) is 0 Å². The monoisotopic (exact) mass is 631 g/mol. The average molecular weight is 632 g/mol. The fraction of sp³-hybridized carbons (Fsp3) is 0.0227. The number of hydrogen-bond acceptors (Lipinski definition) is 4. The van der Waals surface area contributed by atoms with E-state index in [4.69, 9.17) is 13.3 Å². The van der Waals surface area contributed by atoms with Crippen molar-refractivity contribution in [1.29, 1.82) is 0 Å². The van der Waals surface area contributed by atoms with E-state index in [1.165, 1.54) is 0 Å². The summed E-state index contributed by atoms with van der Waals surface area (Å²) in [5.74, 6) is 1.06. The van der Waals surface area contributed by atoms with Gasteiger partial charge in [-0.05, 0) is 72.3 Å². The van der Waals surface area contributed by atoms with Crippen molar-refractivity contribution in [3.05, 3.63) is 163 Å². The fourth-order valence-electron chi connectivity index (χ4n) is 7.63. The molecule has 3 aromatic heterocycles. The second-order valence-electron chi connectivity index (χ2n) is 12.8. The molecule has 0 bridgehead atoms. The number of fused-ring (bicyclic) bond motifs is 9. The molecule has 0 spiro atoms. The summed E-state index contributed by atoms with van der Waals surface area (Å²) < 4.78 is 21.5. The molecule has 0 amide bonds. The Morgan fingerprint density at radius 2 is 1.08 bits per heavy atom. The molecule has 0 saturated heterocycles. The Morgan fingerprint density at radius 3 is 1.94 bits per heavy atom. The molecule has 0 fully saturated rings. The van der Waals surface area contributed by atoms with E-state index < -0.39 is 0 Å². The summed E-state index contributed by atoms with van der Waals surface area (Å²) in [5, 5.41) is 10.4. The minimum Gasteiger partial charge on any atom is -0.456 e. The second kappa shape index (κ2) is 9.96. The first-order chi connectivity index (χ1) is 24.3. The normalized spacial score (nSPS) is 14.8. The van der Waals surface area contributed by atoms with Crippen LogP contribution in [0.3, 0.4) is 0 Å². The van der Waals surface area contributed by atoms with Crippen molar-refractivity contribution in [2.45, 2.75) is 6.17 Å². The molecule has 1 N–H and O–H groups in total. The van der Waals surface area contributed by atoms with Crippen LogP contribution >= 0.6 is 0 Å². The number of furan rings is 3. The van der Waals surface area contributed by atoms with Gasteiger partial charge in [-0.15, -0.1) is 0 Å². The summed E-state index contributed by atoms with van der Waals surface area (Å²) in [6.45, 7) is 0. The van der Waals surface area contributed by atoms with E-state index in [0.717, 1.165) is 99.6 Å². The van der Waals surface area contributed by atoms with E-state index in [9.17, 15) is 0 Å². The molecule has 230 valence electrons. The van der Waals surface area contributed by atoms with Gasteiger partial charge >= 0.3 is 0 Å². The first kappa shape index (κ1) is 26.5. The van der Waals surface area contributed by atoms with E-state index in [1.807, 2.05) is 30.3 Å². The van der Waals surface area contributed by atoms with Crippen LogP contribution < -0.4 is 5.32 Å². The Kier molecular flexibility index (Phi) is 5.38. The van der Waals surface area contributed by atoms with E-state index in [2.05, 4.69) is 131 Å². The largest absolute Gasteiger partial charge is 0.456 e. The Bertz CT molecular complexity index is 2980. The van der Waals surface area contributed by atoms with Gasteiger partial charge in [-0.1, -0.05) is 78.9 Å². The van der Waals surface area contributed by atoms with Gasteiger partial charge in [0.1, 0.15) is 39.2 Å². The predicted molar refractivity (Wildman–Crippen MR) is 197 cm³/mol. The van der Waals surface area contributed by atoms with Crippen molar-refractivity contribution >= 4 is 77.3 Å². The zero-order valence-electron chi connectivity index (χ0n) is 26.2. The highest BCUT2D eigenvalue weighted by atomic mass is 16.3. The first-order valence-electron chi connectivity index (χ1n) is 16.5. The molecule has 1 unspecified atom stereocenters. The maximum atomic E-state index is 6.62. The predicted octanol–water partition coefficient (Wildman–Crippen LogP) is 11.4. The highest BCUT2D eigenvalue weighted by molar-refractivity contribution is 6.11. The molecular weight excluding hydrogens is 604 g/mol. The lowest BCUT2D eigenvalue weighted by molar-refractivity contribution is -0.531. The average Bonchev–Trinajstić information content (AvgIpc) is 3.82. The van der Waals surface area contributed by atoms with Crippen LogP contribution in [-0.2, 0) is 0 Å². The standard InChI is InChI=1S/C44H26N2O3/c1-2-9-26(10-3-1)43-45-44(28-18-22-39-36(23-28)32-12-5-6-15-37(32)47-39)46(43)29-19-21-34-33-20-17-27(24-40(33)48-41(34)25-29)30-13-8-14-35-31-11-4-7-16-38(31)49-42(30)35/h1-25,44H/p+1. The van der Waals surface area contributed by atoms with Gasteiger partial charge in [0.2, 0.25) is 0 Å². The minimum atomic E-state index is -0.0639. The van der Waals surface area contributed by atoms with Gasteiger partial charge in [-0.2, -0.15) is 4.58 Å². The van der Waals surface area contributed by atoms with Crippen LogP contribution in [0.1, 0.15) is 17.3 Å². The van der Waals surface area contributed by atoms with Crippen molar-refractivity contribution in [3.63, 3.8) is 0 Å². The van der Waals surface area contributed by atoms with E-state index in [1.54, 1.807) is 0 Å².